The highest BCUT2D eigenvalue weighted by Gasteiger charge is 2.33. The zero-order valence-corrected chi connectivity index (χ0v) is 66.8. The minimum absolute atomic E-state index is 0.00431. The Morgan fingerprint density at radius 3 is 1.30 bits per heavy atom. The van der Waals surface area contributed by atoms with Crippen molar-refractivity contribution in [1.82, 2.24) is 54.9 Å². The Morgan fingerprint density at radius 1 is 0.557 bits per heavy atom. The smallest absolute Gasteiger partial charge is 0.410 e. The van der Waals surface area contributed by atoms with Crippen molar-refractivity contribution in [2.45, 2.75) is 143 Å². The zero-order chi connectivity index (χ0) is 77.9. The number of benzene rings is 2. The van der Waals surface area contributed by atoms with E-state index in [0.717, 1.165) is 112 Å². The van der Waals surface area contributed by atoms with Gasteiger partial charge in [0.1, 0.15) is 44.8 Å². The lowest BCUT2D eigenvalue weighted by atomic mass is 10.0. The van der Waals surface area contributed by atoms with Gasteiger partial charge in [-0.15, -0.1) is 17.5 Å². The third-order valence-corrected chi connectivity index (χ3v) is 18.7. The highest BCUT2D eigenvalue weighted by atomic mass is 35.5. The molecule has 562 valence electrons. The van der Waals surface area contributed by atoms with Crippen LogP contribution < -0.4 is 15.1 Å². The number of carboxylic acid groups (broad SMARTS) is 1. The molecule has 0 radical (unpaired) electrons. The van der Waals surface area contributed by atoms with Crippen molar-refractivity contribution < 1.29 is 43.3 Å². The number of ether oxygens (including phenoxy) is 2. The molecule has 5 amide bonds. The van der Waals surface area contributed by atoms with Gasteiger partial charge in [0.15, 0.2) is 0 Å². The number of likely N-dealkylation sites (tertiary alicyclic amines) is 3. The van der Waals surface area contributed by atoms with E-state index >= 15 is 0 Å². The van der Waals surface area contributed by atoms with Crippen LogP contribution in [0.15, 0.2) is 129 Å². The molecular weight excluding hydrogens is 1390 g/mol. The number of halogens is 1. The Bertz CT molecular complexity index is 4110. The van der Waals surface area contributed by atoms with E-state index < -0.39 is 33.3 Å². The van der Waals surface area contributed by atoms with Crippen LogP contribution in [0.25, 0.3) is 0 Å². The first-order chi connectivity index (χ1) is 49.9. The number of anilines is 2. The Balaban J connectivity index is 0.000000211. The Morgan fingerprint density at radius 2 is 0.943 bits per heavy atom. The largest absolute Gasteiger partial charge is 0.478 e. The molecule has 4 aliphatic rings. The number of likely N-dealkylation sites (N-methyl/N-ethyl adjacent to an activating group) is 2. The molecule has 4 aromatic heterocycles. The molecule has 4 fully saturated rings. The standard InChI is InChI=1S/C22H22N4O2.C19H29N3O2Si.C15H21ClN2O2.C14H21N3Si.C11H11NO3/c1-4-16-13-23-20(24-14-16)12-17-10-11-26(15-17)22(28)18-6-8-19(9-7-18)25(3)21(27)5-2;1-19(2,3)24-18(23)22-9-7-15(14-22)11-17-20-12-16(13-21-17)8-10-25(4,5)6;1-15(2,3)20-14(19)18-7-6-11(10-18)8-13-5-4-12(16)9-17-13;1-18(2,3)7-5-13-10-16-14(17-11-13)8-12-4-6-15-9-12;1-3-10(13)12(2)9-6-4-8(5-7-9)11(14)15/h1,5-9,13-14,17H,2,10-12,15H2,3H3;12-13,15H,7,9,11,14H2,1-6H3;4-5,9,11H,6-8,10H2,1-3H3;10-12,15H,4,6,8-9H2,1-3H3;3-7H,1H2,2H3,(H,14,15)/t17-;15-;11-;12-;/m0000./s1. The summed E-state index contributed by atoms with van der Waals surface area (Å²) in [7, 11) is 0.575. The quantitative estimate of drug-likeness (QED) is 0.0583. The minimum atomic E-state index is -1.38. The molecule has 10 rings (SSSR count). The summed E-state index contributed by atoms with van der Waals surface area (Å²) < 4.78 is 10.8. The van der Waals surface area contributed by atoms with Gasteiger partial charge in [-0.2, -0.15) is 0 Å². The number of carboxylic acids is 1. The normalized spacial score (nSPS) is 16.6. The van der Waals surface area contributed by atoms with Crippen LogP contribution in [-0.2, 0) is 44.7 Å². The van der Waals surface area contributed by atoms with Crippen molar-refractivity contribution >= 4 is 75.0 Å². The molecule has 4 saturated heterocycles. The first-order valence-corrected chi connectivity index (χ1v) is 43.1. The number of carbonyl (C=O) groups is 6. The molecule has 6 aromatic rings. The summed E-state index contributed by atoms with van der Waals surface area (Å²) in [4.78, 5) is 109. The number of hydrogen-bond acceptors (Lipinski definition) is 16. The Labute approximate surface area is 633 Å². The maximum Gasteiger partial charge on any atom is 0.410 e. The Kier molecular flexibility index (Phi) is 32.1. The highest BCUT2D eigenvalue weighted by Crippen LogP contribution is 2.27. The number of amides is 5. The van der Waals surface area contributed by atoms with Crippen molar-refractivity contribution in [3.8, 4) is 35.3 Å². The number of terminal acetylenes is 1. The average molecular weight is 1500 g/mol. The molecule has 8 heterocycles. The fraction of sp³-hybridized carbons (Fsp3) is 0.444. The SMILES string of the molecule is C#Cc1cnc(C[C@@H]2CCN(C(=O)c3ccc(N(C)C(=O)C=C)cc3)C2)nc1.C=CC(=O)N(C)c1ccc(C(=O)O)cc1.CC(C)(C)OC(=O)N1CC[C@@H](Cc2ccc(Cl)cn2)C1.CC(C)(C)OC(=O)N1CC[C@@H](Cc2ncc(C#C[Si](C)(C)C)cn2)C1.C[Si](C)(C)C#Cc1cnc(C[C@@H]2CCNC2)nc1. The molecule has 4 atom stereocenters. The summed E-state index contributed by atoms with van der Waals surface area (Å²) >= 11 is 5.82. The maximum atomic E-state index is 12.8. The summed E-state index contributed by atoms with van der Waals surface area (Å²) in [6.45, 7) is 38.1. The lowest BCUT2D eigenvalue weighted by molar-refractivity contribution is -0.114. The van der Waals surface area contributed by atoms with Gasteiger partial charge in [-0.3, -0.25) is 19.4 Å². The van der Waals surface area contributed by atoms with Gasteiger partial charge in [-0.25, -0.2) is 44.3 Å². The van der Waals surface area contributed by atoms with E-state index in [-0.39, 0.29) is 35.5 Å². The molecular formula is C81H104ClN13O9Si2. The molecule has 0 spiro atoms. The van der Waals surface area contributed by atoms with Crippen molar-refractivity contribution in [2.75, 3.05) is 76.3 Å². The van der Waals surface area contributed by atoms with Gasteiger partial charge in [0.25, 0.3) is 5.91 Å². The fourth-order valence-corrected chi connectivity index (χ4v) is 12.3. The van der Waals surface area contributed by atoms with Crippen LogP contribution in [0.3, 0.4) is 0 Å². The number of aromatic nitrogens is 7. The lowest BCUT2D eigenvalue weighted by Crippen LogP contribution is -2.35. The summed E-state index contributed by atoms with van der Waals surface area (Å²) in [5.41, 5.74) is 11.4. The zero-order valence-electron chi connectivity index (χ0n) is 64.0. The maximum absolute atomic E-state index is 12.8. The summed E-state index contributed by atoms with van der Waals surface area (Å²) in [6.07, 6.45) is 27.1. The third-order valence-electron chi connectivity index (χ3n) is 16.8. The molecule has 106 heavy (non-hydrogen) atoms. The topological polar surface area (TPSA) is 260 Å². The Hall–Kier alpha value is -9.91. The first kappa shape index (κ1) is 85.0. The average Bonchev–Trinajstić information content (AvgIpc) is 1.60. The first-order valence-electron chi connectivity index (χ1n) is 35.7. The number of nitrogens with zero attached hydrogens (tertiary/aromatic N) is 12. The molecule has 0 saturated carbocycles. The van der Waals surface area contributed by atoms with Crippen molar-refractivity contribution in [1.29, 1.82) is 0 Å². The van der Waals surface area contributed by atoms with E-state index in [1.54, 1.807) is 91.3 Å². The van der Waals surface area contributed by atoms with Crippen LogP contribution in [0.2, 0.25) is 44.3 Å². The van der Waals surface area contributed by atoms with Crippen LogP contribution in [0.4, 0.5) is 21.0 Å². The number of pyridine rings is 1. The number of aromatic carboxylic acids is 1. The molecule has 25 heteroatoms. The predicted molar refractivity (Wildman–Crippen MR) is 422 cm³/mol. The van der Waals surface area contributed by atoms with Crippen LogP contribution in [0, 0.1) is 58.9 Å². The van der Waals surface area contributed by atoms with E-state index in [4.69, 9.17) is 32.6 Å². The van der Waals surface area contributed by atoms with Gasteiger partial charge in [0.05, 0.1) is 27.3 Å². The minimum Gasteiger partial charge on any atom is -0.478 e. The second-order valence-electron chi connectivity index (χ2n) is 30.6. The van der Waals surface area contributed by atoms with Gasteiger partial charge in [0, 0.05) is 139 Å². The van der Waals surface area contributed by atoms with E-state index in [2.05, 4.69) is 121 Å². The van der Waals surface area contributed by atoms with E-state index in [9.17, 15) is 28.8 Å². The van der Waals surface area contributed by atoms with Gasteiger partial charge in [-0.05, 0) is 183 Å². The van der Waals surface area contributed by atoms with Gasteiger partial charge in [-0.1, -0.05) is 81.8 Å². The summed E-state index contributed by atoms with van der Waals surface area (Å²) in [6, 6.07) is 16.9. The number of hydrogen-bond donors (Lipinski definition) is 2. The molecule has 0 unspecified atom stereocenters. The number of rotatable bonds is 14. The van der Waals surface area contributed by atoms with Crippen LogP contribution >= 0.6 is 11.6 Å². The molecule has 22 nitrogen and oxygen atoms in total. The van der Waals surface area contributed by atoms with Gasteiger partial charge < -0.3 is 44.4 Å². The molecule has 2 N–H and O–H groups in total. The van der Waals surface area contributed by atoms with Crippen molar-refractivity contribution in [3.05, 3.63) is 185 Å². The predicted octanol–water partition coefficient (Wildman–Crippen LogP) is 12.7. The molecule has 0 aliphatic carbocycles. The van der Waals surface area contributed by atoms with Gasteiger partial charge in [0.2, 0.25) is 11.8 Å². The van der Waals surface area contributed by atoms with Crippen LogP contribution in [0.1, 0.15) is 128 Å². The van der Waals surface area contributed by atoms with Crippen molar-refractivity contribution in [2.24, 2.45) is 23.7 Å². The highest BCUT2D eigenvalue weighted by molar-refractivity contribution is 6.84. The lowest BCUT2D eigenvalue weighted by Gasteiger charge is -2.24. The molecule has 0 bridgehead atoms. The molecule has 2 aromatic carbocycles. The number of nitrogens with one attached hydrogen (secondary N) is 1. The van der Waals surface area contributed by atoms with E-state index in [1.807, 2.05) is 71.0 Å². The van der Waals surface area contributed by atoms with Crippen LogP contribution in [0.5, 0.6) is 0 Å². The fourth-order valence-electron chi connectivity index (χ4n) is 11.1. The molecule has 4 aliphatic heterocycles. The third kappa shape index (κ3) is 30.3. The van der Waals surface area contributed by atoms with Crippen LogP contribution in [-0.4, -0.2) is 184 Å². The van der Waals surface area contributed by atoms with Gasteiger partial charge >= 0.3 is 18.2 Å². The number of carbonyl (C=O) groups excluding carboxylic acids is 5. The monoisotopic (exact) mass is 1490 g/mol. The van der Waals surface area contributed by atoms with E-state index in [1.165, 1.54) is 40.5 Å². The van der Waals surface area contributed by atoms with Crippen molar-refractivity contribution in [3.63, 3.8) is 0 Å². The summed E-state index contributed by atoms with van der Waals surface area (Å²) in [5.74, 6) is 11.8. The second kappa shape index (κ2) is 40.0. The van der Waals surface area contributed by atoms with E-state index in [0.29, 0.717) is 70.8 Å². The summed E-state index contributed by atoms with van der Waals surface area (Å²) in [5, 5.41) is 12.7. The second-order valence-corrected chi connectivity index (χ2v) is 40.6.